The van der Waals surface area contributed by atoms with Crippen molar-refractivity contribution in [1.29, 1.82) is 0 Å². The maximum absolute atomic E-state index is 12.5. The highest BCUT2D eigenvalue weighted by molar-refractivity contribution is 5.69. The Balaban J connectivity index is 1.48. The molecule has 0 spiro atoms. The van der Waals surface area contributed by atoms with E-state index in [1.165, 1.54) is 5.56 Å². The van der Waals surface area contributed by atoms with E-state index in [9.17, 15) is 4.79 Å². The van der Waals surface area contributed by atoms with Crippen LogP contribution in [-0.2, 0) is 9.47 Å². The van der Waals surface area contributed by atoms with E-state index >= 15 is 0 Å². The predicted molar refractivity (Wildman–Crippen MR) is 107 cm³/mol. The Morgan fingerprint density at radius 3 is 2.41 bits per heavy atom. The molecule has 5 nitrogen and oxygen atoms in total. The van der Waals surface area contributed by atoms with E-state index < -0.39 is 5.60 Å². The van der Waals surface area contributed by atoms with E-state index in [0.717, 1.165) is 32.1 Å². The third kappa shape index (κ3) is 5.45. The summed E-state index contributed by atoms with van der Waals surface area (Å²) in [7, 11) is 0. The second-order valence-electron chi connectivity index (χ2n) is 8.91. The van der Waals surface area contributed by atoms with Gasteiger partial charge in [-0.05, 0) is 64.4 Å². The van der Waals surface area contributed by atoms with Crippen LogP contribution >= 0.6 is 0 Å². The fraction of sp³-hybridized carbons (Fsp3) is 0.682. The second kappa shape index (κ2) is 8.61. The Morgan fingerprint density at radius 2 is 1.78 bits per heavy atom. The lowest BCUT2D eigenvalue weighted by atomic mass is 9.83. The zero-order chi connectivity index (χ0) is 19.4. The first-order chi connectivity index (χ1) is 12.8. The Labute approximate surface area is 163 Å². The van der Waals surface area contributed by atoms with E-state index in [2.05, 4.69) is 30.3 Å². The van der Waals surface area contributed by atoms with Gasteiger partial charge in [-0.3, -0.25) is 0 Å². The van der Waals surface area contributed by atoms with Gasteiger partial charge in [0.15, 0.2) is 0 Å². The summed E-state index contributed by atoms with van der Waals surface area (Å²) in [6, 6.07) is 10.6. The van der Waals surface area contributed by atoms with Gasteiger partial charge in [-0.1, -0.05) is 30.3 Å². The van der Waals surface area contributed by atoms with Crippen LogP contribution in [0.5, 0.6) is 0 Å². The van der Waals surface area contributed by atoms with Crippen molar-refractivity contribution in [3.05, 3.63) is 35.9 Å². The molecule has 1 aliphatic heterocycles. The molecule has 3 rings (SSSR count). The van der Waals surface area contributed by atoms with Crippen LogP contribution in [0.1, 0.15) is 64.4 Å². The van der Waals surface area contributed by atoms with Gasteiger partial charge in [0.1, 0.15) is 5.60 Å². The van der Waals surface area contributed by atoms with Gasteiger partial charge in [0.2, 0.25) is 0 Å². The maximum atomic E-state index is 12.5. The molecule has 1 aliphatic carbocycles. The van der Waals surface area contributed by atoms with Crippen LogP contribution in [0.2, 0.25) is 0 Å². The third-order valence-electron chi connectivity index (χ3n) is 5.67. The highest BCUT2D eigenvalue weighted by Crippen LogP contribution is 2.34. The van der Waals surface area contributed by atoms with Crippen molar-refractivity contribution >= 4 is 6.09 Å². The van der Waals surface area contributed by atoms with Crippen molar-refractivity contribution in [3.8, 4) is 0 Å². The zero-order valence-electron chi connectivity index (χ0n) is 16.9. The molecule has 2 fully saturated rings. The lowest BCUT2D eigenvalue weighted by Crippen LogP contribution is -2.48. The van der Waals surface area contributed by atoms with Crippen molar-refractivity contribution in [2.45, 2.75) is 82.6 Å². The maximum Gasteiger partial charge on any atom is 0.410 e. The SMILES string of the molecule is CC(C)(C)OC(=O)N1CC[C@@H](N)[C@H]1COC1CCC(c2ccccc2)CC1. The van der Waals surface area contributed by atoms with Gasteiger partial charge >= 0.3 is 6.09 Å². The number of nitrogens with zero attached hydrogens (tertiary/aromatic N) is 1. The zero-order valence-corrected chi connectivity index (χ0v) is 16.9. The van der Waals surface area contributed by atoms with Crippen LogP contribution in [0.15, 0.2) is 30.3 Å². The largest absolute Gasteiger partial charge is 0.444 e. The number of likely N-dealkylation sites (tertiary alicyclic amines) is 1. The standard InChI is InChI=1S/C22H34N2O3/c1-22(2,3)27-21(25)24-14-13-19(23)20(24)15-26-18-11-9-17(10-12-18)16-7-5-4-6-8-16/h4-8,17-20H,9-15,23H2,1-3H3/t17?,18?,19-,20-/m1/s1. The molecular weight excluding hydrogens is 340 g/mol. The highest BCUT2D eigenvalue weighted by Gasteiger charge is 2.38. The van der Waals surface area contributed by atoms with Crippen LogP contribution < -0.4 is 5.73 Å². The van der Waals surface area contributed by atoms with Crippen LogP contribution in [0.25, 0.3) is 0 Å². The minimum absolute atomic E-state index is 0.0434. The molecule has 1 amide bonds. The van der Waals surface area contributed by atoms with Gasteiger partial charge in [-0.25, -0.2) is 4.79 Å². The number of amides is 1. The summed E-state index contributed by atoms with van der Waals surface area (Å²) in [5.74, 6) is 0.637. The minimum Gasteiger partial charge on any atom is -0.444 e. The number of nitrogens with two attached hydrogens (primary N) is 1. The first-order valence-corrected chi connectivity index (χ1v) is 10.3. The smallest absolute Gasteiger partial charge is 0.410 e. The van der Waals surface area contributed by atoms with E-state index in [1.54, 1.807) is 4.90 Å². The average Bonchev–Trinajstić information content (AvgIpc) is 3.00. The van der Waals surface area contributed by atoms with E-state index in [1.807, 2.05) is 20.8 Å². The van der Waals surface area contributed by atoms with Crippen LogP contribution in [0.4, 0.5) is 4.79 Å². The predicted octanol–water partition coefficient (Wildman–Crippen LogP) is 4.07. The first kappa shape index (κ1) is 20.2. The summed E-state index contributed by atoms with van der Waals surface area (Å²) in [6.45, 7) is 6.80. The molecule has 5 heteroatoms. The third-order valence-corrected chi connectivity index (χ3v) is 5.67. The fourth-order valence-corrected chi connectivity index (χ4v) is 4.16. The highest BCUT2D eigenvalue weighted by atomic mass is 16.6. The Hall–Kier alpha value is -1.59. The normalized spacial score (nSPS) is 29.0. The summed E-state index contributed by atoms with van der Waals surface area (Å²) in [5, 5.41) is 0. The van der Waals surface area contributed by atoms with Crippen molar-refractivity contribution in [2.75, 3.05) is 13.2 Å². The number of carbonyl (C=O) groups is 1. The van der Waals surface area contributed by atoms with Gasteiger partial charge < -0.3 is 20.1 Å². The van der Waals surface area contributed by atoms with Crippen molar-refractivity contribution in [1.82, 2.24) is 4.90 Å². The summed E-state index contributed by atoms with van der Waals surface area (Å²) in [6.07, 6.45) is 5.22. The number of carbonyl (C=O) groups excluding carboxylic acids is 1. The van der Waals surface area contributed by atoms with E-state index in [0.29, 0.717) is 19.1 Å². The summed E-state index contributed by atoms with van der Waals surface area (Å²) in [4.78, 5) is 14.2. The molecule has 0 aromatic heterocycles. The fourth-order valence-electron chi connectivity index (χ4n) is 4.16. The second-order valence-corrected chi connectivity index (χ2v) is 8.91. The molecule has 150 valence electrons. The molecule has 0 radical (unpaired) electrons. The lowest BCUT2D eigenvalue weighted by Gasteiger charge is -2.33. The molecule has 1 aromatic rings. The summed E-state index contributed by atoms with van der Waals surface area (Å²) < 4.78 is 11.7. The van der Waals surface area contributed by atoms with E-state index in [-0.39, 0.29) is 24.3 Å². The monoisotopic (exact) mass is 374 g/mol. The van der Waals surface area contributed by atoms with Gasteiger partial charge in [0.05, 0.1) is 18.8 Å². The van der Waals surface area contributed by atoms with Crippen molar-refractivity contribution in [3.63, 3.8) is 0 Å². The first-order valence-electron chi connectivity index (χ1n) is 10.3. The molecule has 27 heavy (non-hydrogen) atoms. The molecule has 1 heterocycles. The quantitative estimate of drug-likeness (QED) is 0.863. The van der Waals surface area contributed by atoms with Crippen LogP contribution in [0, 0.1) is 0 Å². The molecular formula is C22H34N2O3. The van der Waals surface area contributed by atoms with Crippen LogP contribution in [-0.4, -0.2) is 47.9 Å². The van der Waals surface area contributed by atoms with Crippen LogP contribution in [0.3, 0.4) is 0 Å². The number of hydrogen-bond donors (Lipinski definition) is 1. The van der Waals surface area contributed by atoms with Gasteiger partial charge in [-0.2, -0.15) is 0 Å². The number of rotatable bonds is 4. The molecule has 1 saturated heterocycles. The van der Waals surface area contributed by atoms with E-state index in [4.69, 9.17) is 15.2 Å². The Morgan fingerprint density at radius 1 is 1.11 bits per heavy atom. The Kier molecular flexibility index (Phi) is 6.43. The van der Waals surface area contributed by atoms with Gasteiger partial charge in [0.25, 0.3) is 0 Å². The Bertz CT molecular complexity index is 606. The molecule has 2 N–H and O–H groups in total. The van der Waals surface area contributed by atoms with Gasteiger partial charge in [0, 0.05) is 12.6 Å². The number of ether oxygens (including phenoxy) is 2. The molecule has 1 aromatic carbocycles. The number of hydrogen-bond acceptors (Lipinski definition) is 4. The molecule has 2 atom stereocenters. The average molecular weight is 375 g/mol. The lowest BCUT2D eigenvalue weighted by molar-refractivity contribution is -0.0180. The summed E-state index contributed by atoms with van der Waals surface area (Å²) >= 11 is 0. The molecule has 1 saturated carbocycles. The summed E-state index contributed by atoms with van der Waals surface area (Å²) in [5.41, 5.74) is 7.20. The number of benzene rings is 1. The topological polar surface area (TPSA) is 64.8 Å². The molecule has 0 bridgehead atoms. The van der Waals surface area contributed by atoms with Crippen molar-refractivity contribution < 1.29 is 14.3 Å². The van der Waals surface area contributed by atoms with Crippen molar-refractivity contribution in [2.24, 2.45) is 5.73 Å². The minimum atomic E-state index is -0.495. The molecule has 2 aliphatic rings. The van der Waals surface area contributed by atoms with Gasteiger partial charge in [-0.15, -0.1) is 0 Å². The molecule has 0 unspecified atom stereocenters.